The van der Waals surface area contributed by atoms with Gasteiger partial charge in [0.15, 0.2) is 0 Å². The van der Waals surface area contributed by atoms with Crippen LogP contribution in [0.3, 0.4) is 0 Å². The largest absolute Gasteiger partial charge is 0.398 e. The van der Waals surface area contributed by atoms with Gasteiger partial charge in [-0.1, -0.05) is 18.2 Å². The molecule has 0 radical (unpaired) electrons. The van der Waals surface area contributed by atoms with Crippen LogP contribution in [0.5, 0.6) is 0 Å². The molecule has 21 heavy (non-hydrogen) atoms. The molecule has 0 fully saturated rings. The topological polar surface area (TPSA) is 55.0 Å². The Hall–Kier alpha value is -2.14. The van der Waals surface area contributed by atoms with E-state index in [2.05, 4.69) is 30.8 Å². The van der Waals surface area contributed by atoms with Gasteiger partial charge in [-0.15, -0.1) is 0 Å². The van der Waals surface area contributed by atoms with Crippen molar-refractivity contribution in [2.24, 2.45) is 0 Å². The second kappa shape index (κ2) is 5.69. The zero-order valence-electron chi connectivity index (χ0n) is 11.6. The second-order valence-electron chi connectivity index (χ2n) is 4.91. The molecule has 0 atom stereocenters. The molecule has 106 valence electrons. The SMILES string of the molecule is CN(Cc1ccccc1N)c1ccnc2cc(Br)cnc12. The standard InChI is InChI=1S/C16H15BrN4/c1-21(10-11-4-2-3-5-13(11)18)15-6-7-19-14-8-12(17)9-20-16(14)15/h2-9H,10,18H2,1H3. The summed E-state index contributed by atoms with van der Waals surface area (Å²) in [7, 11) is 2.03. The third kappa shape index (κ3) is 2.83. The highest BCUT2D eigenvalue weighted by Gasteiger charge is 2.10. The summed E-state index contributed by atoms with van der Waals surface area (Å²) in [5.74, 6) is 0. The summed E-state index contributed by atoms with van der Waals surface area (Å²) in [6.45, 7) is 0.726. The Balaban J connectivity index is 1.98. The molecule has 0 aliphatic heterocycles. The third-order valence-electron chi connectivity index (χ3n) is 3.40. The van der Waals surface area contributed by atoms with Crippen LogP contribution in [0.25, 0.3) is 11.0 Å². The van der Waals surface area contributed by atoms with Gasteiger partial charge in [-0.3, -0.25) is 9.97 Å². The smallest absolute Gasteiger partial charge is 0.112 e. The van der Waals surface area contributed by atoms with Gasteiger partial charge >= 0.3 is 0 Å². The van der Waals surface area contributed by atoms with E-state index in [1.165, 1.54) is 0 Å². The van der Waals surface area contributed by atoms with Crippen LogP contribution in [0.1, 0.15) is 5.56 Å². The maximum absolute atomic E-state index is 6.02. The molecule has 0 saturated heterocycles. The van der Waals surface area contributed by atoms with Gasteiger partial charge < -0.3 is 10.6 Å². The highest BCUT2D eigenvalue weighted by Crippen LogP contribution is 2.26. The fraction of sp³-hybridized carbons (Fsp3) is 0.125. The minimum absolute atomic E-state index is 0.726. The maximum atomic E-state index is 6.02. The number of hydrogen-bond acceptors (Lipinski definition) is 4. The van der Waals surface area contributed by atoms with Crippen LogP contribution in [0, 0.1) is 0 Å². The van der Waals surface area contributed by atoms with E-state index in [-0.39, 0.29) is 0 Å². The molecule has 4 nitrogen and oxygen atoms in total. The molecule has 2 aromatic heterocycles. The molecule has 0 amide bonds. The number of nitrogens with two attached hydrogens (primary N) is 1. The van der Waals surface area contributed by atoms with Crippen molar-refractivity contribution in [2.45, 2.75) is 6.54 Å². The lowest BCUT2D eigenvalue weighted by Crippen LogP contribution is -2.18. The zero-order valence-corrected chi connectivity index (χ0v) is 13.2. The zero-order chi connectivity index (χ0) is 14.8. The number of nitrogens with zero attached hydrogens (tertiary/aromatic N) is 3. The number of pyridine rings is 2. The van der Waals surface area contributed by atoms with Crippen LogP contribution in [-0.2, 0) is 6.54 Å². The summed E-state index contributed by atoms with van der Waals surface area (Å²) >= 11 is 3.42. The first kappa shape index (κ1) is 13.8. The minimum Gasteiger partial charge on any atom is -0.398 e. The lowest BCUT2D eigenvalue weighted by Gasteiger charge is -2.21. The number of halogens is 1. The molecule has 0 saturated carbocycles. The van der Waals surface area contributed by atoms with E-state index in [1.54, 1.807) is 12.4 Å². The first-order chi connectivity index (χ1) is 10.1. The third-order valence-corrected chi connectivity index (χ3v) is 3.83. The van der Waals surface area contributed by atoms with E-state index < -0.39 is 0 Å². The molecule has 0 aliphatic carbocycles. The van der Waals surface area contributed by atoms with Crippen molar-refractivity contribution in [1.82, 2.24) is 9.97 Å². The Kier molecular flexibility index (Phi) is 3.75. The van der Waals surface area contributed by atoms with Crippen molar-refractivity contribution in [3.8, 4) is 0 Å². The maximum Gasteiger partial charge on any atom is 0.112 e. The van der Waals surface area contributed by atoms with Gasteiger partial charge in [-0.25, -0.2) is 0 Å². The molecule has 0 spiro atoms. The van der Waals surface area contributed by atoms with Crippen molar-refractivity contribution in [2.75, 3.05) is 17.7 Å². The molecule has 3 aromatic rings. The van der Waals surface area contributed by atoms with E-state index in [4.69, 9.17) is 5.73 Å². The number of aromatic nitrogens is 2. The molecule has 0 unspecified atom stereocenters. The summed E-state index contributed by atoms with van der Waals surface area (Å²) in [5.41, 5.74) is 10.7. The van der Waals surface area contributed by atoms with Gasteiger partial charge in [0, 0.05) is 36.1 Å². The summed E-state index contributed by atoms with van der Waals surface area (Å²) in [6, 6.07) is 11.8. The number of benzene rings is 1. The molecule has 3 rings (SSSR count). The van der Waals surface area contributed by atoms with E-state index in [9.17, 15) is 0 Å². The Bertz CT molecular complexity index is 788. The van der Waals surface area contributed by atoms with Crippen LogP contribution in [0.15, 0.2) is 53.3 Å². The quantitative estimate of drug-likeness (QED) is 0.738. The number of fused-ring (bicyclic) bond motifs is 1. The Labute approximate surface area is 131 Å². The minimum atomic E-state index is 0.726. The normalized spacial score (nSPS) is 10.8. The van der Waals surface area contributed by atoms with Crippen molar-refractivity contribution < 1.29 is 0 Å². The van der Waals surface area contributed by atoms with Crippen LogP contribution >= 0.6 is 15.9 Å². The van der Waals surface area contributed by atoms with Crippen molar-refractivity contribution in [1.29, 1.82) is 0 Å². The monoisotopic (exact) mass is 342 g/mol. The molecule has 0 aliphatic rings. The number of nitrogen functional groups attached to an aromatic ring is 1. The molecular weight excluding hydrogens is 328 g/mol. The summed E-state index contributed by atoms with van der Waals surface area (Å²) in [5, 5.41) is 0. The van der Waals surface area contributed by atoms with E-state index in [0.717, 1.165) is 39.0 Å². The Morgan fingerprint density at radius 2 is 2.00 bits per heavy atom. The van der Waals surface area contributed by atoms with Gasteiger partial charge in [0.1, 0.15) is 5.52 Å². The highest BCUT2D eigenvalue weighted by atomic mass is 79.9. The van der Waals surface area contributed by atoms with Gasteiger partial charge in [-0.2, -0.15) is 0 Å². The van der Waals surface area contributed by atoms with Crippen LogP contribution in [0.4, 0.5) is 11.4 Å². The fourth-order valence-electron chi connectivity index (χ4n) is 2.32. The predicted molar refractivity (Wildman–Crippen MR) is 90.2 cm³/mol. The Morgan fingerprint density at radius 1 is 1.19 bits per heavy atom. The summed E-state index contributed by atoms with van der Waals surface area (Å²) in [4.78, 5) is 11.0. The first-order valence-corrected chi connectivity index (χ1v) is 7.39. The molecular formula is C16H15BrN4. The number of para-hydroxylation sites is 1. The van der Waals surface area contributed by atoms with Crippen molar-refractivity contribution in [3.05, 3.63) is 58.8 Å². The van der Waals surface area contributed by atoms with Crippen LogP contribution < -0.4 is 10.6 Å². The summed E-state index contributed by atoms with van der Waals surface area (Å²) < 4.78 is 0.926. The average Bonchev–Trinajstić information content (AvgIpc) is 2.48. The fourth-order valence-corrected chi connectivity index (χ4v) is 2.64. The molecule has 1 aromatic carbocycles. The Morgan fingerprint density at radius 3 is 2.81 bits per heavy atom. The molecule has 2 heterocycles. The van der Waals surface area contributed by atoms with Gasteiger partial charge in [0.2, 0.25) is 0 Å². The van der Waals surface area contributed by atoms with E-state index in [1.807, 2.05) is 43.4 Å². The first-order valence-electron chi connectivity index (χ1n) is 6.60. The van der Waals surface area contributed by atoms with E-state index >= 15 is 0 Å². The van der Waals surface area contributed by atoms with Crippen LogP contribution in [0.2, 0.25) is 0 Å². The van der Waals surface area contributed by atoms with Gasteiger partial charge in [0.25, 0.3) is 0 Å². The predicted octanol–water partition coefficient (Wildman–Crippen LogP) is 3.61. The van der Waals surface area contributed by atoms with Crippen molar-refractivity contribution >= 4 is 38.3 Å². The lowest BCUT2D eigenvalue weighted by atomic mass is 10.1. The number of rotatable bonds is 3. The average molecular weight is 343 g/mol. The number of hydrogen-bond donors (Lipinski definition) is 1. The number of anilines is 2. The highest BCUT2D eigenvalue weighted by molar-refractivity contribution is 9.10. The summed E-state index contributed by atoms with van der Waals surface area (Å²) in [6.07, 6.45) is 3.59. The van der Waals surface area contributed by atoms with Gasteiger partial charge in [0.05, 0.1) is 11.2 Å². The second-order valence-corrected chi connectivity index (χ2v) is 5.82. The molecule has 2 N–H and O–H groups in total. The molecule has 5 heteroatoms. The van der Waals surface area contributed by atoms with Crippen molar-refractivity contribution in [3.63, 3.8) is 0 Å². The van der Waals surface area contributed by atoms with Crippen LogP contribution in [-0.4, -0.2) is 17.0 Å². The molecule has 0 bridgehead atoms. The van der Waals surface area contributed by atoms with E-state index in [0.29, 0.717) is 0 Å². The lowest BCUT2D eigenvalue weighted by molar-refractivity contribution is 0.927. The van der Waals surface area contributed by atoms with Gasteiger partial charge in [-0.05, 0) is 39.7 Å².